The number of halogens is 2. The Morgan fingerprint density at radius 3 is 2.53 bits per heavy atom. The van der Waals surface area contributed by atoms with Gasteiger partial charge in [-0.25, -0.2) is 8.78 Å². The Hall–Kier alpha value is -1.81. The Labute approximate surface area is 113 Å². The molecule has 0 fully saturated rings. The molecule has 0 spiro atoms. The van der Waals surface area contributed by atoms with Crippen LogP contribution in [0.15, 0.2) is 40.7 Å². The molecule has 2 heterocycles. The second-order valence-corrected chi connectivity index (χ2v) is 5.20. The monoisotopic (exact) mass is 275 g/mol. The lowest BCUT2D eigenvalue weighted by Crippen LogP contribution is -2.00. The zero-order valence-electron chi connectivity index (χ0n) is 10.1. The molecule has 4 heteroatoms. The molecular weight excluding hydrogens is 264 g/mol. The smallest absolute Gasteiger partial charge is 0.135 e. The summed E-state index contributed by atoms with van der Waals surface area (Å²) in [5.74, 6) is -1.13. The van der Waals surface area contributed by atoms with Crippen LogP contribution >= 0.6 is 11.3 Å². The summed E-state index contributed by atoms with van der Waals surface area (Å²) in [7, 11) is 0. The molecule has 0 amide bonds. The summed E-state index contributed by atoms with van der Waals surface area (Å²) in [6.07, 6.45) is 3.28. The molecule has 1 aromatic carbocycles. The van der Waals surface area contributed by atoms with Crippen molar-refractivity contribution >= 4 is 28.8 Å². The van der Waals surface area contributed by atoms with Gasteiger partial charge >= 0.3 is 0 Å². The zero-order valence-corrected chi connectivity index (χ0v) is 10.9. The van der Waals surface area contributed by atoms with Crippen LogP contribution in [0.25, 0.3) is 11.3 Å². The van der Waals surface area contributed by atoms with Gasteiger partial charge < -0.3 is 0 Å². The van der Waals surface area contributed by atoms with Crippen LogP contribution in [-0.2, 0) is 0 Å². The topological polar surface area (TPSA) is 12.4 Å². The fourth-order valence-electron chi connectivity index (χ4n) is 2.19. The van der Waals surface area contributed by atoms with E-state index in [2.05, 4.69) is 4.99 Å². The van der Waals surface area contributed by atoms with Crippen molar-refractivity contribution in [2.45, 2.75) is 12.8 Å². The number of rotatable bonds is 2. The number of aliphatic imine (C=N–C) groups is 1. The molecule has 3 rings (SSSR count). The molecule has 0 aliphatic carbocycles. The van der Waals surface area contributed by atoms with Gasteiger partial charge in [-0.1, -0.05) is 12.1 Å². The van der Waals surface area contributed by atoms with Crippen molar-refractivity contribution in [3.8, 4) is 0 Å². The second-order valence-electron chi connectivity index (χ2n) is 4.25. The normalized spacial score (nSPS) is 15.1. The van der Waals surface area contributed by atoms with Gasteiger partial charge in [-0.15, -0.1) is 11.3 Å². The van der Waals surface area contributed by atoms with Crippen LogP contribution in [0.3, 0.4) is 0 Å². The lowest BCUT2D eigenvalue weighted by Gasteiger charge is -2.15. The fraction of sp³-hybridized carbons (Fsp3) is 0.133. The Morgan fingerprint density at radius 2 is 1.84 bits per heavy atom. The summed E-state index contributed by atoms with van der Waals surface area (Å²) in [5.41, 5.74) is 1.31. The maximum atomic E-state index is 13.9. The van der Waals surface area contributed by atoms with E-state index >= 15 is 0 Å². The van der Waals surface area contributed by atoms with Crippen molar-refractivity contribution in [3.05, 3.63) is 57.8 Å². The van der Waals surface area contributed by atoms with Gasteiger partial charge in [0.1, 0.15) is 11.6 Å². The summed E-state index contributed by atoms with van der Waals surface area (Å²) in [6.45, 7) is 0. The third-order valence-corrected chi connectivity index (χ3v) is 3.98. The highest BCUT2D eigenvalue weighted by molar-refractivity contribution is 7.11. The quantitative estimate of drug-likeness (QED) is 0.749. The lowest BCUT2D eigenvalue weighted by molar-refractivity contribution is 0.576. The Morgan fingerprint density at radius 1 is 1.05 bits per heavy atom. The van der Waals surface area contributed by atoms with Crippen molar-refractivity contribution in [3.63, 3.8) is 0 Å². The maximum absolute atomic E-state index is 13.9. The Bertz CT molecular complexity index is 637. The van der Waals surface area contributed by atoms with Crippen LogP contribution < -0.4 is 0 Å². The molecule has 0 radical (unpaired) electrons. The van der Waals surface area contributed by atoms with E-state index in [1.165, 1.54) is 18.2 Å². The molecular formula is C15H11F2NS. The largest absolute Gasteiger partial charge is 0.260 e. The first-order valence-corrected chi connectivity index (χ1v) is 6.89. The number of hydrogen-bond donors (Lipinski definition) is 0. The molecule has 1 aliphatic rings. The molecule has 1 aliphatic heterocycles. The van der Waals surface area contributed by atoms with Gasteiger partial charge in [0.25, 0.3) is 0 Å². The van der Waals surface area contributed by atoms with E-state index in [0.29, 0.717) is 5.70 Å². The van der Waals surface area contributed by atoms with Crippen LogP contribution in [0.1, 0.15) is 23.3 Å². The highest BCUT2D eigenvalue weighted by Crippen LogP contribution is 2.37. The van der Waals surface area contributed by atoms with Gasteiger partial charge in [-0.2, -0.15) is 0 Å². The van der Waals surface area contributed by atoms with Crippen molar-refractivity contribution < 1.29 is 8.78 Å². The van der Waals surface area contributed by atoms with E-state index < -0.39 is 11.6 Å². The molecule has 1 aromatic heterocycles. The van der Waals surface area contributed by atoms with Crippen LogP contribution in [0.2, 0.25) is 0 Å². The standard InChI is InChI=1S/C15H11F2NS/c16-11-5-1-6-12(17)14(11)15-10(4-2-8-18-15)13-7-3-9-19-13/h1,3,5-9H,2,4H2. The molecule has 0 unspecified atom stereocenters. The van der Waals surface area contributed by atoms with E-state index in [4.69, 9.17) is 0 Å². The minimum atomic E-state index is -0.567. The van der Waals surface area contributed by atoms with Crippen LogP contribution in [0.5, 0.6) is 0 Å². The summed E-state index contributed by atoms with van der Waals surface area (Å²) in [4.78, 5) is 5.26. The van der Waals surface area contributed by atoms with E-state index in [-0.39, 0.29) is 5.56 Å². The van der Waals surface area contributed by atoms with Crippen LogP contribution in [0, 0.1) is 11.6 Å². The molecule has 0 saturated heterocycles. The second kappa shape index (κ2) is 5.05. The van der Waals surface area contributed by atoms with Crippen LogP contribution in [-0.4, -0.2) is 6.21 Å². The molecule has 19 heavy (non-hydrogen) atoms. The van der Waals surface area contributed by atoms with E-state index in [0.717, 1.165) is 23.3 Å². The van der Waals surface area contributed by atoms with E-state index in [1.807, 2.05) is 17.5 Å². The van der Waals surface area contributed by atoms with Crippen molar-refractivity contribution in [1.29, 1.82) is 0 Å². The number of nitrogens with zero attached hydrogens (tertiary/aromatic N) is 1. The molecule has 1 nitrogen and oxygen atoms in total. The first-order valence-electron chi connectivity index (χ1n) is 6.01. The SMILES string of the molecule is Fc1cccc(F)c1C1=C(c2cccs2)CCC=N1. The fourth-order valence-corrected chi connectivity index (χ4v) is 2.99. The van der Waals surface area contributed by atoms with Gasteiger partial charge in [0.15, 0.2) is 0 Å². The Kier molecular flexibility index (Phi) is 3.25. The zero-order chi connectivity index (χ0) is 13.2. The predicted octanol–water partition coefficient (Wildman–Crippen LogP) is 4.76. The average Bonchev–Trinajstić information content (AvgIpc) is 2.93. The Balaban J connectivity index is 2.23. The van der Waals surface area contributed by atoms with Crippen LogP contribution in [0.4, 0.5) is 8.78 Å². The third-order valence-electron chi connectivity index (χ3n) is 3.05. The maximum Gasteiger partial charge on any atom is 0.135 e. The van der Waals surface area contributed by atoms with E-state index in [9.17, 15) is 8.78 Å². The highest BCUT2D eigenvalue weighted by atomic mass is 32.1. The summed E-state index contributed by atoms with van der Waals surface area (Å²) >= 11 is 1.56. The van der Waals surface area contributed by atoms with Crippen molar-refractivity contribution in [2.75, 3.05) is 0 Å². The van der Waals surface area contributed by atoms with Gasteiger partial charge in [-0.05, 0) is 42.0 Å². The number of benzene rings is 1. The lowest BCUT2D eigenvalue weighted by atomic mass is 9.98. The first-order chi connectivity index (χ1) is 9.27. The number of allylic oxidation sites excluding steroid dienone is 1. The summed E-state index contributed by atoms with van der Waals surface area (Å²) in [6, 6.07) is 7.79. The van der Waals surface area contributed by atoms with Gasteiger partial charge in [0, 0.05) is 11.1 Å². The third kappa shape index (κ3) is 2.24. The molecule has 2 aromatic rings. The summed E-state index contributed by atoms with van der Waals surface area (Å²) < 4.78 is 27.8. The molecule has 0 bridgehead atoms. The minimum Gasteiger partial charge on any atom is -0.260 e. The minimum absolute atomic E-state index is 0.0261. The van der Waals surface area contributed by atoms with Gasteiger partial charge in [-0.3, -0.25) is 4.99 Å². The molecule has 0 saturated carbocycles. The molecule has 0 atom stereocenters. The van der Waals surface area contributed by atoms with Gasteiger partial charge in [0.05, 0.1) is 11.3 Å². The molecule has 0 N–H and O–H groups in total. The van der Waals surface area contributed by atoms with Crippen molar-refractivity contribution in [2.24, 2.45) is 4.99 Å². The van der Waals surface area contributed by atoms with Crippen molar-refractivity contribution in [1.82, 2.24) is 0 Å². The number of hydrogen-bond acceptors (Lipinski definition) is 2. The average molecular weight is 275 g/mol. The number of thiophene rings is 1. The summed E-state index contributed by atoms with van der Waals surface area (Å²) in [5, 5.41) is 1.95. The predicted molar refractivity (Wildman–Crippen MR) is 75.2 cm³/mol. The first kappa shape index (κ1) is 12.2. The van der Waals surface area contributed by atoms with E-state index in [1.54, 1.807) is 17.6 Å². The van der Waals surface area contributed by atoms with Gasteiger partial charge in [0.2, 0.25) is 0 Å². The molecule has 96 valence electrons. The highest BCUT2D eigenvalue weighted by Gasteiger charge is 2.20.